The first-order valence-corrected chi connectivity index (χ1v) is 11.2. The Labute approximate surface area is 201 Å². The summed E-state index contributed by atoms with van der Waals surface area (Å²) >= 11 is 0. The van der Waals surface area contributed by atoms with Crippen LogP contribution in [-0.4, -0.2) is 52.3 Å². The molecule has 0 saturated heterocycles. The second-order valence-electron chi connectivity index (χ2n) is 8.20. The number of rotatable bonds is 6. The standard InChI is InChI=1S/C24H24N8O3/c1-35-24(34)31-17-4-2-16(3-5-17)30-20-11-21(28-14-19(20)23(33)27-9-8-25)22-7-6-18-10-15(12-26)13-29-32(18)22/h6-7,10-11,13-14,16-17H,2-5,9H2,1H3,(H,27,33)(H,28,30)(H,31,34)/t16-,17-. The van der Waals surface area contributed by atoms with E-state index in [0.717, 1.165) is 31.2 Å². The highest BCUT2D eigenvalue weighted by Gasteiger charge is 2.24. The molecular formula is C24H24N8O3. The fourth-order valence-corrected chi connectivity index (χ4v) is 4.19. The Morgan fingerprint density at radius 2 is 1.91 bits per heavy atom. The number of hydrogen-bond acceptors (Lipinski definition) is 8. The Morgan fingerprint density at radius 3 is 2.63 bits per heavy atom. The minimum atomic E-state index is -0.438. The van der Waals surface area contributed by atoms with Crippen molar-refractivity contribution in [3.8, 4) is 23.5 Å². The van der Waals surface area contributed by atoms with Crippen molar-refractivity contribution in [3.63, 3.8) is 0 Å². The topological polar surface area (TPSA) is 157 Å². The molecule has 0 spiro atoms. The van der Waals surface area contributed by atoms with Crippen molar-refractivity contribution in [2.45, 2.75) is 37.8 Å². The summed E-state index contributed by atoms with van der Waals surface area (Å²) in [6.45, 7) is -0.112. The summed E-state index contributed by atoms with van der Waals surface area (Å²) < 4.78 is 6.37. The van der Waals surface area contributed by atoms with Gasteiger partial charge in [0, 0.05) is 18.3 Å². The monoisotopic (exact) mass is 472 g/mol. The number of nitriles is 2. The summed E-state index contributed by atoms with van der Waals surface area (Å²) in [6, 6.07) is 11.3. The zero-order chi connectivity index (χ0) is 24.8. The number of pyridine rings is 1. The zero-order valence-corrected chi connectivity index (χ0v) is 19.1. The number of fused-ring (bicyclic) bond motifs is 1. The summed E-state index contributed by atoms with van der Waals surface area (Å²) in [6.07, 6.45) is 5.66. The highest BCUT2D eigenvalue weighted by atomic mass is 16.5. The maximum absolute atomic E-state index is 12.7. The van der Waals surface area contributed by atoms with Crippen molar-refractivity contribution in [1.82, 2.24) is 25.2 Å². The van der Waals surface area contributed by atoms with E-state index in [1.165, 1.54) is 19.5 Å². The van der Waals surface area contributed by atoms with Crippen molar-refractivity contribution in [2.24, 2.45) is 0 Å². The molecule has 0 aliphatic heterocycles. The van der Waals surface area contributed by atoms with Crippen LogP contribution in [0.5, 0.6) is 0 Å². The van der Waals surface area contributed by atoms with E-state index in [9.17, 15) is 9.59 Å². The quantitative estimate of drug-likeness (QED) is 0.462. The summed E-state index contributed by atoms with van der Waals surface area (Å²) in [4.78, 5) is 28.7. The third-order valence-electron chi connectivity index (χ3n) is 5.96. The van der Waals surface area contributed by atoms with Crippen molar-refractivity contribution in [3.05, 3.63) is 47.8 Å². The summed E-state index contributed by atoms with van der Waals surface area (Å²) in [5, 5.41) is 31.2. The molecule has 0 atom stereocenters. The molecule has 3 heterocycles. The fourth-order valence-electron chi connectivity index (χ4n) is 4.19. The van der Waals surface area contributed by atoms with Crippen LogP contribution in [0.4, 0.5) is 10.5 Å². The van der Waals surface area contributed by atoms with Gasteiger partial charge in [0.1, 0.15) is 12.6 Å². The average molecular weight is 473 g/mol. The minimum absolute atomic E-state index is 0.0448. The molecule has 1 fully saturated rings. The van der Waals surface area contributed by atoms with Crippen molar-refractivity contribution >= 4 is 23.2 Å². The fraction of sp³-hybridized carbons (Fsp3) is 0.333. The summed E-state index contributed by atoms with van der Waals surface area (Å²) in [5.74, 6) is -0.397. The van der Waals surface area contributed by atoms with Gasteiger partial charge >= 0.3 is 6.09 Å². The van der Waals surface area contributed by atoms with Gasteiger partial charge in [-0.3, -0.25) is 9.78 Å². The van der Waals surface area contributed by atoms with Gasteiger partial charge in [-0.2, -0.15) is 15.6 Å². The van der Waals surface area contributed by atoms with Crippen LogP contribution in [0.15, 0.2) is 36.7 Å². The Hall–Kier alpha value is -4.64. The van der Waals surface area contributed by atoms with Gasteiger partial charge in [-0.1, -0.05) is 0 Å². The molecule has 35 heavy (non-hydrogen) atoms. The molecule has 11 nitrogen and oxygen atoms in total. The molecule has 178 valence electrons. The first kappa shape index (κ1) is 23.5. The Bertz CT molecular complexity index is 1330. The molecule has 1 aliphatic rings. The number of aromatic nitrogens is 3. The van der Waals surface area contributed by atoms with E-state index in [4.69, 9.17) is 10.5 Å². The Morgan fingerprint density at radius 1 is 1.14 bits per heavy atom. The number of nitrogens with zero attached hydrogens (tertiary/aromatic N) is 5. The molecule has 0 bridgehead atoms. The minimum Gasteiger partial charge on any atom is -0.453 e. The number of carbonyl (C=O) groups is 2. The maximum Gasteiger partial charge on any atom is 0.407 e. The molecule has 1 saturated carbocycles. The number of nitrogens with one attached hydrogen (secondary N) is 3. The largest absolute Gasteiger partial charge is 0.453 e. The highest BCUT2D eigenvalue weighted by molar-refractivity contribution is 6.00. The number of hydrogen-bond donors (Lipinski definition) is 3. The average Bonchev–Trinajstić information content (AvgIpc) is 3.31. The maximum atomic E-state index is 12.7. The molecule has 0 unspecified atom stereocenters. The molecule has 0 aromatic carbocycles. The predicted molar refractivity (Wildman–Crippen MR) is 126 cm³/mol. The lowest BCUT2D eigenvalue weighted by atomic mass is 9.91. The number of carbonyl (C=O) groups excluding carboxylic acids is 2. The van der Waals surface area contributed by atoms with Crippen LogP contribution in [-0.2, 0) is 4.74 Å². The summed E-state index contributed by atoms with van der Waals surface area (Å²) in [5.41, 5.74) is 3.45. The van der Waals surface area contributed by atoms with Crippen LogP contribution >= 0.6 is 0 Å². The van der Waals surface area contributed by atoms with Gasteiger partial charge in [0.2, 0.25) is 0 Å². The van der Waals surface area contributed by atoms with Crippen LogP contribution in [0.2, 0.25) is 0 Å². The van der Waals surface area contributed by atoms with Gasteiger partial charge in [-0.25, -0.2) is 9.31 Å². The lowest BCUT2D eigenvalue weighted by Crippen LogP contribution is -2.40. The van der Waals surface area contributed by atoms with Gasteiger partial charge < -0.3 is 20.7 Å². The zero-order valence-electron chi connectivity index (χ0n) is 19.1. The molecule has 11 heteroatoms. The second-order valence-corrected chi connectivity index (χ2v) is 8.20. The van der Waals surface area contributed by atoms with Gasteiger partial charge in [0.25, 0.3) is 5.91 Å². The molecular weight excluding hydrogens is 448 g/mol. The predicted octanol–water partition coefficient (Wildman–Crippen LogP) is 2.60. The summed E-state index contributed by atoms with van der Waals surface area (Å²) in [7, 11) is 1.34. The molecule has 4 rings (SSSR count). The van der Waals surface area contributed by atoms with E-state index < -0.39 is 12.0 Å². The smallest absolute Gasteiger partial charge is 0.407 e. The normalized spacial score (nSPS) is 17.1. The van der Waals surface area contributed by atoms with E-state index in [0.29, 0.717) is 28.2 Å². The number of methoxy groups -OCH3 is 1. The van der Waals surface area contributed by atoms with Crippen molar-refractivity contribution < 1.29 is 14.3 Å². The molecule has 3 aromatic rings. The third-order valence-corrected chi connectivity index (χ3v) is 5.96. The molecule has 1 aliphatic carbocycles. The lowest BCUT2D eigenvalue weighted by molar-refractivity contribution is 0.0958. The number of alkyl carbamates (subject to hydrolysis) is 1. The van der Waals surface area contributed by atoms with Crippen molar-refractivity contribution in [1.29, 1.82) is 10.5 Å². The Balaban J connectivity index is 1.60. The van der Waals surface area contributed by atoms with E-state index in [1.807, 2.05) is 18.2 Å². The van der Waals surface area contributed by atoms with Gasteiger partial charge in [-0.05, 0) is 49.9 Å². The van der Waals surface area contributed by atoms with E-state index in [2.05, 4.69) is 36.8 Å². The third kappa shape index (κ3) is 5.31. The molecule has 2 amide bonds. The van der Waals surface area contributed by atoms with Crippen LogP contribution < -0.4 is 16.0 Å². The van der Waals surface area contributed by atoms with Crippen LogP contribution in [0.3, 0.4) is 0 Å². The first-order valence-electron chi connectivity index (χ1n) is 11.2. The highest BCUT2D eigenvalue weighted by Crippen LogP contribution is 2.28. The van der Waals surface area contributed by atoms with Crippen LogP contribution in [0, 0.1) is 22.7 Å². The SMILES string of the molecule is COC(=O)N[C@H]1CC[C@H](Nc2cc(-c3ccc4cc(C#N)cnn34)ncc2C(=O)NCC#N)CC1. The number of ether oxygens (including phenoxy) is 1. The Kier molecular flexibility index (Phi) is 7.07. The van der Waals surface area contributed by atoms with Crippen molar-refractivity contribution in [2.75, 3.05) is 19.0 Å². The number of anilines is 1. The van der Waals surface area contributed by atoms with E-state index >= 15 is 0 Å². The van der Waals surface area contributed by atoms with E-state index in [1.54, 1.807) is 16.6 Å². The molecule has 3 aromatic heterocycles. The number of amides is 2. The van der Waals surface area contributed by atoms with E-state index in [-0.39, 0.29) is 18.6 Å². The van der Waals surface area contributed by atoms with Crippen LogP contribution in [0.1, 0.15) is 41.6 Å². The lowest BCUT2D eigenvalue weighted by Gasteiger charge is -2.30. The second kappa shape index (κ2) is 10.5. The molecule has 3 N–H and O–H groups in total. The van der Waals surface area contributed by atoms with Gasteiger partial charge in [-0.15, -0.1) is 0 Å². The van der Waals surface area contributed by atoms with Gasteiger partial charge in [0.05, 0.1) is 53.1 Å². The van der Waals surface area contributed by atoms with Crippen LogP contribution in [0.25, 0.3) is 16.9 Å². The molecule has 0 radical (unpaired) electrons. The van der Waals surface area contributed by atoms with Gasteiger partial charge in [0.15, 0.2) is 0 Å². The first-order chi connectivity index (χ1) is 17.0.